The smallest absolute Gasteiger partial charge is 0.124 e. The van der Waals surface area contributed by atoms with Gasteiger partial charge in [-0.2, -0.15) is 0 Å². The highest BCUT2D eigenvalue weighted by molar-refractivity contribution is 6.30. The van der Waals surface area contributed by atoms with Crippen LogP contribution in [0.2, 0.25) is 5.02 Å². The number of hydrogen-bond donors (Lipinski definition) is 2. The van der Waals surface area contributed by atoms with E-state index in [2.05, 4.69) is 0 Å². The van der Waals surface area contributed by atoms with Crippen molar-refractivity contribution >= 4 is 11.6 Å². The van der Waals surface area contributed by atoms with E-state index in [1.54, 1.807) is 18.2 Å². The second-order valence-electron chi connectivity index (χ2n) is 2.53. The third-order valence-electron chi connectivity index (χ3n) is 1.59. The van der Waals surface area contributed by atoms with E-state index in [-0.39, 0.29) is 13.2 Å². The van der Waals surface area contributed by atoms with E-state index in [0.717, 1.165) is 5.56 Å². The Morgan fingerprint density at radius 2 is 2.23 bits per heavy atom. The zero-order valence-electron chi connectivity index (χ0n) is 7.16. The number of benzene rings is 1. The van der Waals surface area contributed by atoms with Gasteiger partial charge >= 0.3 is 0 Å². The molecule has 3 nitrogen and oxygen atoms in total. The summed E-state index contributed by atoms with van der Waals surface area (Å²) >= 11 is 5.77. The van der Waals surface area contributed by atoms with Crippen LogP contribution in [-0.2, 0) is 6.54 Å². The summed E-state index contributed by atoms with van der Waals surface area (Å²) in [5, 5.41) is 9.20. The number of nitrogens with two attached hydrogens (primary N) is 1. The van der Waals surface area contributed by atoms with Crippen molar-refractivity contribution in [1.82, 2.24) is 0 Å². The van der Waals surface area contributed by atoms with Crippen molar-refractivity contribution in [2.75, 3.05) is 13.2 Å². The summed E-state index contributed by atoms with van der Waals surface area (Å²) in [6, 6.07) is 5.24. The molecule has 0 amide bonds. The lowest BCUT2D eigenvalue weighted by Gasteiger charge is -2.08. The molecule has 1 aromatic carbocycles. The largest absolute Gasteiger partial charge is 0.491 e. The van der Waals surface area contributed by atoms with Crippen molar-refractivity contribution in [1.29, 1.82) is 0 Å². The van der Waals surface area contributed by atoms with Gasteiger partial charge in [0.25, 0.3) is 0 Å². The van der Waals surface area contributed by atoms with Crippen molar-refractivity contribution in [2.45, 2.75) is 6.54 Å². The number of ether oxygens (including phenoxy) is 1. The maximum absolute atomic E-state index is 8.56. The van der Waals surface area contributed by atoms with E-state index >= 15 is 0 Å². The van der Waals surface area contributed by atoms with Gasteiger partial charge in [-0.05, 0) is 18.2 Å². The topological polar surface area (TPSA) is 55.5 Å². The molecule has 0 unspecified atom stereocenters. The van der Waals surface area contributed by atoms with Gasteiger partial charge in [-0.1, -0.05) is 11.6 Å². The average Bonchev–Trinajstić information content (AvgIpc) is 2.16. The Kier molecular flexibility index (Phi) is 4.02. The van der Waals surface area contributed by atoms with Gasteiger partial charge in [0.2, 0.25) is 0 Å². The maximum Gasteiger partial charge on any atom is 0.124 e. The second-order valence-corrected chi connectivity index (χ2v) is 2.96. The fourth-order valence-electron chi connectivity index (χ4n) is 1.00. The van der Waals surface area contributed by atoms with Gasteiger partial charge < -0.3 is 15.6 Å². The van der Waals surface area contributed by atoms with Gasteiger partial charge in [-0.15, -0.1) is 0 Å². The van der Waals surface area contributed by atoms with Gasteiger partial charge in [-0.3, -0.25) is 0 Å². The molecule has 0 aliphatic heterocycles. The zero-order chi connectivity index (χ0) is 9.68. The summed E-state index contributed by atoms with van der Waals surface area (Å²) in [7, 11) is 0. The van der Waals surface area contributed by atoms with Crippen molar-refractivity contribution in [3.05, 3.63) is 28.8 Å². The molecule has 0 heterocycles. The standard InChI is InChI=1S/C9H12ClNO2/c10-8-1-2-9(13-4-3-12)7(5-8)6-11/h1-2,5,12H,3-4,6,11H2. The first-order valence-electron chi connectivity index (χ1n) is 4.00. The molecule has 72 valence electrons. The molecule has 0 aromatic heterocycles. The molecule has 0 saturated carbocycles. The van der Waals surface area contributed by atoms with Gasteiger partial charge in [0, 0.05) is 17.1 Å². The first kappa shape index (κ1) is 10.3. The fraction of sp³-hybridized carbons (Fsp3) is 0.333. The van der Waals surface area contributed by atoms with Crippen LogP contribution in [0.3, 0.4) is 0 Å². The molecular formula is C9H12ClNO2. The van der Waals surface area contributed by atoms with Gasteiger partial charge in [0.1, 0.15) is 12.4 Å². The van der Waals surface area contributed by atoms with Crippen LogP contribution in [0.15, 0.2) is 18.2 Å². The normalized spacial score (nSPS) is 10.1. The number of halogens is 1. The summed E-state index contributed by atoms with van der Waals surface area (Å²) in [6.07, 6.45) is 0. The van der Waals surface area contributed by atoms with E-state index in [1.807, 2.05) is 0 Å². The monoisotopic (exact) mass is 201 g/mol. The maximum atomic E-state index is 8.56. The van der Waals surface area contributed by atoms with Crippen molar-refractivity contribution in [2.24, 2.45) is 5.73 Å². The Hall–Kier alpha value is -0.770. The predicted molar refractivity (Wildman–Crippen MR) is 51.9 cm³/mol. The minimum Gasteiger partial charge on any atom is -0.491 e. The van der Waals surface area contributed by atoms with Crippen LogP contribution in [0.25, 0.3) is 0 Å². The lowest BCUT2D eigenvalue weighted by Crippen LogP contribution is -2.06. The van der Waals surface area contributed by atoms with Crippen molar-refractivity contribution < 1.29 is 9.84 Å². The molecule has 0 radical (unpaired) electrons. The van der Waals surface area contributed by atoms with E-state index < -0.39 is 0 Å². The molecule has 0 spiro atoms. The summed E-state index contributed by atoms with van der Waals surface area (Å²) in [6.45, 7) is 0.641. The third kappa shape index (κ3) is 2.88. The van der Waals surface area contributed by atoms with E-state index in [1.165, 1.54) is 0 Å². The molecule has 0 bridgehead atoms. The molecule has 0 aliphatic carbocycles. The lowest BCUT2D eigenvalue weighted by molar-refractivity contribution is 0.200. The molecule has 13 heavy (non-hydrogen) atoms. The third-order valence-corrected chi connectivity index (χ3v) is 1.83. The summed E-state index contributed by atoms with van der Waals surface area (Å²) in [5.41, 5.74) is 6.34. The van der Waals surface area contributed by atoms with Crippen LogP contribution < -0.4 is 10.5 Å². The van der Waals surface area contributed by atoms with E-state index in [9.17, 15) is 0 Å². The lowest BCUT2D eigenvalue weighted by atomic mass is 10.2. The van der Waals surface area contributed by atoms with Gasteiger partial charge in [0.15, 0.2) is 0 Å². The number of rotatable bonds is 4. The zero-order valence-corrected chi connectivity index (χ0v) is 7.92. The van der Waals surface area contributed by atoms with Gasteiger partial charge in [-0.25, -0.2) is 0 Å². The second kappa shape index (κ2) is 5.07. The molecular weight excluding hydrogens is 190 g/mol. The molecule has 1 rings (SSSR count). The molecule has 1 aromatic rings. The molecule has 0 saturated heterocycles. The number of aliphatic hydroxyl groups is 1. The van der Waals surface area contributed by atoms with Crippen molar-refractivity contribution in [3.63, 3.8) is 0 Å². The van der Waals surface area contributed by atoms with Crippen molar-refractivity contribution in [3.8, 4) is 5.75 Å². The van der Waals surface area contributed by atoms with Crippen LogP contribution in [0.5, 0.6) is 5.75 Å². The van der Waals surface area contributed by atoms with Crippen LogP contribution in [0.4, 0.5) is 0 Å². The highest BCUT2D eigenvalue weighted by Gasteiger charge is 2.02. The molecule has 0 aliphatic rings. The van der Waals surface area contributed by atoms with E-state index in [0.29, 0.717) is 17.3 Å². The fourth-order valence-corrected chi connectivity index (χ4v) is 1.20. The van der Waals surface area contributed by atoms with E-state index in [4.69, 9.17) is 27.2 Å². The highest BCUT2D eigenvalue weighted by Crippen LogP contribution is 2.22. The van der Waals surface area contributed by atoms with Crippen LogP contribution in [0, 0.1) is 0 Å². The Bertz CT molecular complexity index is 278. The Morgan fingerprint density at radius 1 is 1.46 bits per heavy atom. The highest BCUT2D eigenvalue weighted by atomic mass is 35.5. The number of aliphatic hydroxyl groups excluding tert-OH is 1. The Balaban J connectivity index is 2.79. The molecule has 4 heteroatoms. The van der Waals surface area contributed by atoms with Crippen LogP contribution in [0.1, 0.15) is 5.56 Å². The van der Waals surface area contributed by atoms with Crippen LogP contribution >= 0.6 is 11.6 Å². The minimum absolute atomic E-state index is 0.00730. The van der Waals surface area contributed by atoms with Crippen LogP contribution in [-0.4, -0.2) is 18.3 Å². The summed E-state index contributed by atoms with van der Waals surface area (Å²) < 4.78 is 5.24. The average molecular weight is 202 g/mol. The first-order chi connectivity index (χ1) is 6.27. The predicted octanol–water partition coefficient (Wildman–Crippen LogP) is 1.17. The Labute approximate surface area is 82.1 Å². The summed E-state index contributed by atoms with van der Waals surface area (Å²) in [5.74, 6) is 0.681. The molecule has 0 fully saturated rings. The Morgan fingerprint density at radius 3 is 2.85 bits per heavy atom. The SMILES string of the molecule is NCc1cc(Cl)ccc1OCCO. The molecule has 0 atom stereocenters. The van der Waals surface area contributed by atoms with Gasteiger partial charge in [0.05, 0.1) is 6.61 Å². The quantitative estimate of drug-likeness (QED) is 0.769. The molecule has 3 N–H and O–H groups in total. The summed E-state index contributed by atoms with van der Waals surface area (Å²) in [4.78, 5) is 0. The number of hydrogen-bond acceptors (Lipinski definition) is 3. The minimum atomic E-state index is -0.00730. The first-order valence-corrected chi connectivity index (χ1v) is 4.38.